The summed E-state index contributed by atoms with van der Waals surface area (Å²) in [5.41, 5.74) is 0.237. The third-order valence-corrected chi connectivity index (χ3v) is 4.39. The zero-order chi connectivity index (χ0) is 15.6. The number of benzene rings is 1. The summed E-state index contributed by atoms with van der Waals surface area (Å²) in [4.78, 5) is 0. The molecule has 0 atom stereocenters. The molecule has 2 aromatic rings. The summed E-state index contributed by atoms with van der Waals surface area (Å²) in [5.74, 6) is -1.07. The van der Waals surface area contributed by atoms with Crippen LogP contribution in [0.3, 0.4) is 0 Å². The molecule has 1 N–H and O–H groups in total. The first-order valence-corrected chi connectivity index (χ1v) is 7.44. The van der Waals surface area contributed by atoms with Crippen molar-refractivity contribution in [1.29, 1.82) is 0 Å². The highest BCUT2D eigenvalue weighted by atomic mass is 32.2. The maximum Gasteiger partial charge on any atom is 0.275 e. The van der Waals surface area contributed by atoms with Crippen molar-refractivity contribution in [1.82, 2.24) is 4.31 Å². The summed E-state index contributed by atoms with van der Waals surface area (Å²) in [6.45, 7) is 0.103. The molecule has 0 saturated heterocycles. The fraction of sp³-hybridized carbons (Fsp3) is 0.231. The first-order valence-electron chi connectivity index (χ1n) is 6.00. The molecule has 0 aliphatic heterocycles. The SMILES string of the molecule is CN(C)S(=O)(=O)c1ccc(CNc2cc(F)cc(F)c2)o1. The number of furan rings is 1. The van der Waals surface area contributed by atoms with Crippen LogP contribution in [-0.4, -0.2) is 26.8 Å². The fourth-order valence-electron chi connectivity index (χ4n) is 1.62. The third-order valence-electron chi connectivity index (χ3n) is 2.70. The molecule has 0 bridgehead atoms. The lowest BCUT2D eigenvalue weighted by Crippen LogP contribution is -2.21. The molecule has 0 spiro atoms. The van der Waals surface area contributed by atoms with Gasteiger partial charge in [-0.05, 0) is 24.3 Å². The van der Waals surface area contributed by atoms with Gasteiger partial charge >= 0.3 is 0 Å². The Bertz CT molecular complexity index is 721. The predicted octanol–water partition coefficient (Wildman–Crippen LogP) is 2.42. The van der Waals surface area contributed by atoms with Gasteiger partial charge in [0.15, 0.2) is 0 Å². The van der Waals surface area contributed by atoms with Crippen LogP contribution in [0.4, 0.5) is 14.5 Å². The number of rotatable bonds is 5. The van der Waals surface area contributed by atoms with E-state index in [1.807, 2.05) is 0 Å². The average Bonchev–Trinajstić information content (AvgIpc) is 2.84. The molecule has 5 nitrogen and oxygen atoms in total. The van der Waals surface area contributed by atoms with E-state index in [1.165, 1.54) is 26.2 Å². The molecule has 0 amide bonds. The lowest BCUT2D eigenvalue weighted by Gasteiger charge is -2.08. The molecular weight excluding hydrogens is 302 g/mol. The average molecular weight is 316 g/mol. The zero-order valence-electron chi connectivity index (χ0n) is 11.4. The number of sulfonamides is 1. The van der Waals surface area contributed by atoms with Gasteiger partial charge in [-0.2, -0.15) is 0 Å². The van der Waals surface area contributed by atoms with E-state index in [9.17, 15) is 17.2 Å². The van der Waals surface area contributed by atoms with Crippen molar-refractivity contribution in [3.63, 3.8) is 0 Å². The van der Waals surface area contributed by atoms with Gasteiger partial charge in [-0.15, -0.1) is 0 Å². The Morgan fingerprint density at radius 2 is 1.76 bits per heavy atom. The van der Waals surface area contributed by atoms with Crippen LogP contribution in [0.15, 0.2) is 39.8 Å². The van der Waals surface area contributed by atoms with Gasteiger partial charge in [-0.1, -0.05) is 0 Å². The molecule has 2 rings (SSSR count). The van der Waals surface area contributed by atoms with E-state index in [0.29, 0.717) is 5.76 Å². The van der Waals surface area contributed by atoms with Crippen LogP contribution in [0.25, 0.3) is 0 Å². The second kappa shape index (κ2) is 5.82. The molecule has 21 heavy (non-hydrogen) atoms. The van der Waals surface area contributed by atoms with Gasteiger partial charge in [0.05, 0.1) is 6.54 Å². The monoisotopic (exact) mass is 316 g/mol. The van der Waals surface area contributed by atoms with Gasteiger partial charge in [-0.25, -0.2) is 21.5 Å². The van der Waals surface area contributed by atoms with Crippen molar-refractivity contribution in [3.05, 3.63) is 47.7 Å². The fourth-order valence-corrected chi connectivity index (χ4v) is 2.43. The van der Waals surface area contributed by atoms with E-state index in [-0.39, 0.29) is 17.3 Å². The molecule has 1 aromatic heterocycles. The second-order valence-corrected chi connectivity index (χ2v) is 6.60. The van der Waals surface area contributed by atoms with Crippen LogP contribution in [0.2, 0.25) is 0 Å². The molecule has 8 heteroatoms. The van der Waals surface area contributed by atoms with Crippen LogP contribution in [0.5, 0.6) is 0 Å². The Labute approximate surface area is 121 Å². The Morgan fingerprint density at radius 1 is 1.14 bits per heavy atom. The first kappa shape index (κ1) is 15.5. The lowest BCUT2D eigenvalue weighted by molar-refractivity contribution is 0.402. The van der Waals surface area contributed by atoms with Gasteiger partial charge in [0.2, 0.25) is 5.09 Å². The first-order chi connectivity index (χ1) is 9.79. The van der Waals surface area contributed by atoms with Gasteiger partial charge in [0.25, 0.3) is 10.0 Å². The molecule has 0 fully saturated rings. The normalized spacial score (nSPS) is 11.9. The summed E-state index contributed by atoms with van der Waals surface area (Å²) in [5, 5.41) is 2.57. The zero-order valence-corrected chi connectivity index (χ0v) is 12.2. The van der Waals surface area contributed by atoms with E-state index in [4.69, 9.17) is 4.42 Å². The molecule has 1 heterocycles. The van der Waals surface area contributed by atoms with Crippen molar-refractivity contribution in [3.8, 4) is 0 Å². The molecule has 1 aromatic carbocycles. The van der Waals surface area contributed by atoms with E-state index >= 15 is 0 Å². The molecule has 0 aliphatic rings. The van der Waals surface area contributed by atoms with Crippen LogP contribution < -0.4 is 5.32 Å². The number of anilines is 1. The molecule has 114 valence electrons. The number of halogens is 2. The highest BCUT2D eigenvalue weighted by molar-refractivity contribution is 7.88. The number of hydrogen-bond donors (Lipinski definition) is 1. The van der Waals surface area contributed by atoms with Gasteiger partial charge in [0.1, 0.15) is 17.4 Å². The quantitative estimate of drug-likeness (QED) is 0.920. The predicted molar refractivity (Wildman–Crippen MR) is 73.3 cm³/mol. The molecule has 0 aliphatic carbocycles. The van der Waals surface area contributed by atoms with E-state index in [2.05, 4.69) is 5.32 Å². The lowest BCUT2D eigenvalue weighted by atomic mass is 10.3. The molecular formula is C13H14F2N2O3S. The summed E-state index contributed by atoms with van der Waals surface area (Å²) >= 11 is 0. The minimum atomic E-state index is -3.63. The highest BCUT2D eigenvalue weighted by Crippen LogP contribution is 2.19. The van der Waals surface area contributed by atoms with Gasteiger partial charge < -0.3 is 9.73 Å². The van der Waals surface area contributed by atoms with Crippen molar-refractivity contribution in [2.45, 2.75) is 11.6 Å². The summed E-state index contributed by atoms with van der Waals surface area (Å²) in [6.07, 6.45) is 0. The van der Waals surface area contributed by atoms with Crippen LogP contribution >= 0.6 is 0 Å². The Hall–Kier alpha value is -1.93. The van der Waals surface area contributed by atoms with Gasteiger partial charge in [0, 0.05) is 25.8 Å². The maximum atomic E-state index is 13.0. The summed E-state index contributed by atoms with van der Waals surface area (Å²) in [6, 6.07) is 5.84. The smallest absolute Gasteiger partial charge is 0.275 e. The molecule has 0 radical (unpaired) electrons. The number of nitrogens with one attached hydrogen (secondary N) is 1. The minimum Gasteiger partial charge on any atom is -0.446 e. The maximum absolute atomic E-state index is 13.0. The van der Waals surface area contributed by atoms with Crippen molar-refractivity contribution >= 4 is 15.7 Å². The molecule has 0 unspecified atom stereocenters. The third kappa shape index (κ3) is 3.59. The van der Waals surface area contributed by atoms with E-state index in [1.54, 1.807) is 0 Å². The largest absolute Gasteiger partial charge is 0.446 e. The standard InChI is InChI=1S/C13H14F2N2O3S/c1-17(2)21(18,19)13-4-3-12(20-13)8-16-11-6-9(14)5-10(15)7-11/h3-7,16H,8H2,1-2H3. The van der Waals surface area contributed by atoms with E-state index in [0.717, 1.165) is 22.5 Å². The van der Waals surface area contributed by atoms with Gasteiger partial charge in [-0.3, -0.25) is 0 Å². The highest BCUT2D eigenvalue weighted by Gasteiger charge is 2.21. The van der Waals surface area contributed by atoms with Crippen molar-refractivity contribution in [2.24, 2.45) is 0 Å². The Morgan fingerprint density at radius 3 is 2.33 bits per heavy atom. The number of nitrogens with zero attached hydrogens (tertiary/aromatic N) is 1. The number of hydrogen-bond acceptors (Lipinski definition) is 4. The summed E-state index contributed by atoms with van der Waals surface area (Å²) in [7, 11) is -0.845. The van der Waals surface area contributed by atoms with Crippen molar-refractivity contribution in [2.75, 3.05) is 19.4 Å². The topological polar surface area (TPSA) is 62.6 Å². The van der Waals surface area contributed by atoms with E-state index < -0.39 is 21.7 Å². The molecule has 0 saturated carbocycles. The van der Waals surface area contributed by atoms with Crippen LogP contribution in [0.1, 0.15) is 5.76 Å². The van der Waals surface area contributed by atoms with Crippen LogP contribution in [0, 0.1) is 11.6 Å². The Kier molecular flexibility index (Phi) is 4.29. The Balaban J connectivity index is 2.10. The minimum absolute atomic E-state index is 0.103. The van der Waals surface area contributed by atoms with Crippen LogP contribution in [-0.2, 0) is 16.6 Å². The van der Waals surface area contributed by atoms with Crippen molar-refractivity contribution < 1.29 is 21.6 Å². The summed E-state index contributed by atoms with van der Waals surface area (Å²) < 4.78 is 55.9. The second-order valence-electron chi connectivity index (χ2n) is 4.52.